The summed E-state index contributed by atoms with van der Waals surface area (Å²) >= 11 is 3.42. The van der Waals surface area contributed by atoms with Crippen LogP contribution in [0.4, 0.5) is 0 Å². The number of benzene rings is 1. The molecule has 4 rings (SSSR count). The highest BCUT2D eigenvalue weighted by Crippen LogP contribution is 2.52. The van der Waals surface area contributed by atoms with E-state index >= 15 is 0 Å². The second kappa shape index (κ2) is 5.98. The van der Waals surface area contributed by atoms with Gasteiger partial charge in [0.1, 0.15) is 0 Å². The van der Waals surface area contributed by atoms with Crippen molar-refractivity contribution in [3.05, 3.63) is 34.3 Å². The molecule has 25 heavy (non-hydrogen) atoms. The maximum absolute atomic E-state index is 12.6. The first-order valence-electron chi connectivity index (χ1n) is 8.06. The molecular formula is C18H17BrN2O4. The molecule has 3 aliphatic rings. The number of carbonyl (C=O) groups excluding carboxylic acids is 2. The average Bonchev–Trinajstić information content (AvgIpc) is 3.27. The van der Waals surface area contributed by atoms with Crippen LogP contribution in [0.15, 0.2) is 33.9 Å². The molecule has 0 radical (unpaired) electrons. The summed E-state index contributed by atoms with van der Waals surface area (Å²) < 4.78 is 11.3. The number of hydrogen-bond donors (Lipinski definition) is 0. The van der Waals surface area contributed by atoms with Gasteiger partial charge in [-0.05, 0) is 51.9 Å². The molecule has 0 N–H and O–H groups in total. The zero-order valence-electron chi connectivity index (χ0n) is 13.8. The first-order chi connectivity index (χ1) is 12.0. The van der Waals surface area contributed by atoms with E-state index < -0.39 is 0 Å². The van der Waals surface area contributed by atoms with Crippen molar-refractivity contribution in [2.24, 2.45) is 28.8 Å². The van der Waals surface area contributed by atoms with Gasteiger partial charge in [0.15, 0.2) is 11.5 Å². The number of hydrazone groups is 1. The van der Waals surface area contributed by atoms with Crippen LogP contribution in [0.3, 0.4) is 0 Å². The summed E-state index contributed by atoms with van der Waals surface area (Å²) in [5, 5.41) is 5.20. The van der Waals surface area contributed by atoms with E-state index in [1.165, 1.54) is 6.21 Å². The van der Waals surface area contributed by atoms with E-state index in [1.54, 1.807) is 26.4 Å². The summed E-state index contributed by atoms with van der Waals surface area (Å²) in [4.78, 5) is 25.2. The van der Waals surface area contributed by atoms with Crippen LogP contribution in [0.5, 0.6) is 11.5 Å². The maximum atomic E-state index is 12.6. The molecule has 1 aromatic rings. The number of fused-ring (bicyclic) bond motifs is 5. The van der Waals surface area contributed by atoms with Crippen LogP contribution in [0.25, 0.3) is 0 Å². The third kappa shape index (κ3) is 2.40. The van der Waals surface area contributed by atoms with Crippen molar-refractivity contribution in [3.8, 4) is 11.5 Å². The second-order valence-electron chi connectivity index (χ2n) is 6.47. The Labute approximate surface area is 153 Å². The van der Waals surface area contributed by atoms with Gasteiger partial charge in [-0.2, -0.15) is 10.1 Å². The van der Waals surface area contributed by atoms with Gasteiger partial charge >= 0.3 is 0 Å². The van der Waals surface area contributed by atoms with Crippen molar-refractivity contribution in [1.29, 1.82) is 0 Å². The minimum atomic E-state index is -0.239. The lowest BCUT2D eigenvalue weighted by Gasteiger charge is -2.13. The summed E-state index contributed by atoms with van der Waals surface area (Å²) in [5.41, 5.74) is 0.697. The summed E-state index contributed by atoms with van der Waals surface area (Å²) in [6, 6.07) is 3.53. The molecule has 1 aliphatic heterocycles. The van der Waals surface area contributed by atoms with Gasteiger partial charge in [-0.15, -0.1) is 0 Å². The number of ether oxygens (including phenoxy) is 2. The Morgan fingerprint density at radius 2 is 1.76 bits per heavy atom. The topological polar surface area (TPSA) is 68.2 Å². The highest BCUT2D eigenvalue weighted by molar-refractivity contribution is 9.10. The molecule has 1 heterocycles. The highest BCUT2D eigenvalue weighted by Gasteiger charge is 2.59. The van der Waals surface area contributed by atoms with Crippen LogP contribution >= 0.6 is 15.9 Å². The number of rotatable bonds is 4. The van der Waals surface area contributed by atoms with E-state index in [0.29, 0.717) is 21.5 Å². The predicted octanol–water partition coefficient (Wildman–Crippen LogP) is 2.61. The Bertz CT molecular complexity index is 790. The zero-order chi connectivity index (χ0) is 17.7. The molecule has 2 bridgehead atoms. The van der Waals surface area contributed by atoms with E-state index in [-0.39, 0.29) is 35.5 Å². The first kappa shape index (κ1) is 16.3. The van der Waals surface area contributed by atoms with Gasteiger partial charge < -0.3 is 9.47 Å². The van der Waals surface area contributed by atoms with Crippen LogP contribution in [-0.4, -0.2) is 37.3 Å². The summed E-state index contributed by atoms with van der Waals surface area (Å²) in [7, 11) is 3.10. The van der Waals surface area contributed by atoms with E-state index in [4.69, 9.17) is 9.47 Å². The number of carbonyl (C=O) groups is 2. The largest absolute Gasteiger partial charge is 0.493 e. The molecule has 6 nitrogen and oxygen atoms in total. The van der Waals surface area contributed by atoms with E-state index in [1.807, 2.05) is 0 Å². The van der Waals surface area contributed by atoms with Crippen molar-refractivity contribution < 1.29 is 19.1 Å². The lowest BCUT2D eigenvalue weighted by molar-refractivity contribution is -0.140. The second-order valence-corrected chi connectivity index (χ2v) is 7.33. The first-order valence-corrected chi connectivity index (χ1v) is 8.86. The molecule has 0 unspecified atom stereocenters. The molecule has 2 aliphatic carbocycles. The number of hydrogen-bond acceptors (Lipinski definition) is 5. The third-order valence-corrected chi connectivity index (χ3v) is 5.81. The summed E-state index contributed by atoms with van der Waals surface area (Å²) in [6.45, 7) is 0. The average molecular weight is 405 g/mol. The lowest BCUT2D eigenvalue weighted by Crippen LogP contribution is -2.28. The molecule has 1 saturated carbocycles. The van der Waals surface area contributed by atoms with Crippen molar-refractivity contribution >= 4 is 34.0 Å². The number of methoxy groups -OCH3 is 2. The standard InChI is InChI=1S/C18H17BrN2O4/c1-24-13-6-9(5-12(19)16(13)25-2)8-20-21-17(22)14-10-3-4-11(7-10)15(14)18(21)23/h3-6,8,10-11,14-15H,7H2,1-2H3/b20-8-/t10-,11-,14+,15+/m0/s1. The molecule has 4 atom stereocenters. The fourth-order valence-corrected chi connectivity index (χ4v) is 4.76. The van der Waals surface area contributed by atoms with Crippen molar-refractivity contribution in [2.75, 3.05) is 14.2 Å². The predicted molar refractivity (Wildman–Crippen MR) is 94.4 cm³/mol. The van der Waals surface area contributed by atoms with Gasteiger partial charge in [-0.1, -0.05) is 12.2 Å². The van der Waals surface area contributed by atoms with E-state index in [9.17, 15) is 9.59 Å². The molecule has 0 spiro atoms. The van der Waals surface area contributed by atoms with Gasteiger partial charge in [0.2, 0.25) is 0 Å². The van der Waals surface area contributed by atoms with Gasteiger partial charge in [0.05, 0.1) is 36.7 Å². The molecule has 1 aromatic carbocycles. The fourth-order valence-electron chi connectivity index (χ4n) is 4.14. The molecule has 2 fully saturated rings. The number of halogens is 1. The molecule has 130 valence electrons. The minimum Gasteiger partial charge on any atom is -0.493 e. The van der Waals surface area contributed by atoms with Crippen molar-refractivity contribution in [2.45, 2.75) is 6.42 Å². The Kier molecular flexibility index (Phi) is 3.91. The van der Waals surface area contributed by atoms with Crippen LogP contribution < -0.4 is 9.47 Å². The molecule has 0 aromatic heterocycles. The van der Waals surface area contributed by atoms with E-state index in [2.05, 4.69) is 33.2 Å². The van der Waals surface area contributed by atoms with Gasteiger partial charge in [-0.25, -0.2) is 0 Å². The smallest absolute Gasteiger partial charge is 0.254 e. The fraction of sp³-hybridized carbons (Fsp3) is 0.389. The Morgan fingerprint density at radius 1 is 1.12 bits per heavy atom. The van der Waals surface area contributed by atoms with Crippen molar-refractivity contribution in [1.82, 2.24) is 5.01 Å². The van der Waals surface area contributed by atoms with Crippen molar-refractivity contribution in [3.63, 3.8) is 0 Å². The van der Waals surface area contributed by atoms with E-state index in [0.717, 1.165) is 11.4 Å². The van der Waals surface area contributed by atoms with Crippen LogP contribution in [0.2, 0.25) is 0 Å². The van der Waals surface area contributed by atoms with Crippen LogP contribution in [0.1, 0.15) is 12.0 Å². The van der Waals surface area contributed by atoms with Gasteiger partial charge in [0.25, 0.3) is 11.8 Å². The molecule has 2 amide bonds. The number of allylic oxidation sites excluding steroid dienone is 2. The molecular weight excluding hydrogens is 388 g/mol. The van der Waals surface area contributed by atoms with Gasteiger partial charge in [0, 0.05) is 0 Å². The van der Waals surface area contributed by atoms with Crippen LogP contribution in [-0.2, 0) is 9.59 Å². The third-order valence-electron chi connectivity index (χ3n) is 5.23. The normalized spacial score (nSPS) is 29.8. The quantitative estimate of drug-likeness (QED) is 0.439. The zero-order valence-corrected chi connectivity index (χ0v) is 15.4. The number of amides is 2. The highest BCUT2D eigenvalue weighted by atomic mass is 79.9. The van der Waals surface area contributed by atoms with Gasteiger partial charge in [-0.3, -0.25) is 9.59 Å². The SMILES string of the molecule is COc1cc(/C=N\N2C(=O)[C@H]3[C@H](C2=O)[C@H]2C=C[C@H]3C2)cc(Br)c1OC. The van der Waals surface area contributed by atoms with Crippen LogP contribution in [0, 0.1) is 23.7 Å². The maximum Gasteiger partial charge on any atom is 0.254 e. The molecule has 1 saturated heterocycles. The monoisotopic (exact) mass is 404 g/mol. The molecule has 7 heteroatoms. The Morgan fingerprint density at radius 3 is 2.32 bits per heavy atom. The summed E-state index contributed by atoms with van der Waals surface area (Å²) in [5.74, 6) is 0.615. The summed E-state index contributed by atoms with van der Waals surface area (Å²) in [6.07, 6.45) is 6.54. The lowest BCUT2D eigenvalue weighted by atomic mass is 9.85. The Balaban J connectivity index is 1.60. The Hall–Kier alpha value is -2.15. The number of nitrogens with zero attached hydrogens (tertiary/aromatic N) is 2. The minimum absolute atomic E-state index is 0.182. The number of imide groups is 1.